The van der Waals surface area contributed by atoms with E-state index >= 15 is 0 Å². The highest BCUT2D eigenvalue weighted by molar-refractivity contribution is 5.21. The van der Waals surface area contributed by atoms with Gasteiger partial charge in [-0.15, -0.1) is 0 Å². The molecule has 0 spiro atoms. The Balaban J connectivity index is -0.000000139. The summed E-state index contributed by atoms with van der Waals surface area (Å²) in [6.45, 7) is 48.3. The number of aromatic nitrogens is 5. The second-order valence-electron chi connectivity index (χ2n) is 12.0. The van der Waals surface area contributed by atoms with Crippen LogP contribution in [-0.4, -0.2) is 24.9 Å². The lowest BCUT2D eigenvalue weighted by Gasteiger charge is -1.90. The van der Waals surface area contributed by atoms with E-state index in [1.54, 1.807) is 12.4 Å². The summed E-state index contributed by atoms with van der Waals surface area (Å²) in [5, 5.41) is 0. The molecule has 0 aliphatic rings. The molecule has 336 valence electrons. The molecule has 6 rings (SSSR count). The fourth-order valence-electron chi connectivity index (χ4n) is 3.67. The maximum Gasteiger partial charge on any atom is 0.0555 e. The van der Waals surface area contributed by atoms with Gasteiger partial charge in [0.2, 0.25) is 0 Å². The summed E-state index contributed by atoms with van der Waals surface area (Å²) < 4.78 is 0. The zero-order valence-corrected chi connectivity index (χ0v) is 43.2. The molecule has 0 saturated heterocycles. The van der Waals surface area contributed by atoms with Crippen molar-refractivity contribution >= 4 is 0 Å². The Morgan fingerprint density at radius 2 is 0.533 bits per heavy atom. The zero-order chi connectivity index (χ0) is 47.9. The van der Waals surface area contributed by atoms with Gasteiger partial charge in [-0.05, 0) is 124 Å². The minimum atomic E-state index is 0.968. The monoisotopic (exact) mass is 822 g/mol. The fourth-order valence-corrected chi connectivity index (χ4v) is 3.67. The van der Waals surface area contributed by atoms with Gasteiger partial charge in [0.1, 0.15) is 0 Å². The predicted molar refractivity (Wildman–Crippen MR) is 273 cm³/mol. The molecule has 2 aromatic carbocycles. The van der Waals surface area contributed by atoms with Crippen LogP contribution in [0.3, 0.4) is 0 Å². The van der Waals surface area contributed by atoms with Crippen LogP contribution < -0.4 is 0 Å². The van der Waals surface area contributed by atoms with E-state index in [4.69, 9.17) is 0 Å². The molecule has 0 radical (unpaired) electrons. The molecule has 60 heavy (non-hydrogen) atoms. The van der Waals surface area contributed by atoms with Gasteiger partial charge >= 0.3 is 0 Å². The van der Waals surface area contributed by atoms with Crippen molar-refractivity contribution < 1.29 is 0 Å². The van der Waals surface area contributed by atoms with Gasteiger partial charge in [0.15, 0.2) is 0 Å². The first-order valence-electron chi connectivity index (χ1n) is 22.2. The van der Waals surface area contributed by atoms with Crippen molar-refractivity contribution in [3.8, 4) is 0 Å². The lowest BCUT2D eigenvalue weighted by Crippen LogP contribution is -1.84. The van der Waals surface area contributed by atoms with E-state index in [1.165, 1.54) is 38.9 Å². The molecule has 4 heterocycles. The highest BCUT2D eigenvalue weighted by Gasteiger charge is 1.85. The van der Waals surface area contributed by atoms with Crippen LogP contribution in [0.1, 0.15) is 150 Å². The van der Waals surface area contributed by atoms with Gasteiger partial charge in [0, 0.05) is 48.1 Å². The van der Waals surface area contributed by atoms with Gasteiger partial charge in [-0.1, -0.05) is 166 Å². The molecule has 0 unspecified atom stereocenters. The molecule has 5 nitrogen and oxygen atoms in total. The van der Waals surface area contributed by atoms with Crippen molar-refractivity contribution in [2.24, 2.45) is 0 Å². The first-order chi connectivity index (χ1) is 28.7. The van der Waals surface area contributed by atoms with Crippen LogP contribution in [0, 0.1) is 83.1 Å². The smallest absolute Gasteiger partial charge is 0.0555 e. The third-order valence-corrected chi connectivity index (χ3v) is 6.47. The summed E-state index contributed by atoms with van der Waals surface area (Å²) in [4.78, 5) is 20.2. The maximum atomic E-state index is 4.08. The van der Waals surface area contributed by atoms with Gasteiger partial charge in [0.25, 0.3) is 0 Å². The normalized spacial score (nSPS) is 8.00. The Bertz CT molecular complexity index is 1360. The van der Waals surface area contributed by atoms with Crippen LogP contribution in [0.5, 0.6) is 0 Å². The van der Waals surface area contributed by atoms with Crippen molar-refractivity contribution in [2.45, 2.75) is 166 Å². The Morgan fingerprint density at radius 1 is 0.233 bits per heavy atom. The number of nitrogens with zero attached hydrogens (tertiary/aromatic N) is 5. The molecule has 0 bridgehead atoms. The number of benzene rings is 2. The minimum Gasteiger partial charge on any atom is -0.262 e. The topological polar surface area (TPSA) is 64.5 Å². The van der Waals surface area contributed by atoms with Crippen molar-refractivity contribution in [1.82, 2.24) is 24.9 Å². The first-order valence-corrected chi connectivity index (χ1v) is 22.2. The van der Waals surface area contributed by atoms with E-state index in [9.17, 15) is 0 Å². The summed E-state index contributed by atoms with van der Waals surface area (Å²) in [7, 11) is 0. The summed E-state index contributed by atoms with van der Waals surface area (Å²) in [5.74, 6) is 0. The molecule has 6 aromatic rings. The summed E-state index contributed by atoms with van der Waals surface area (Å²) >= 11 is 0. The molecule has 4 aromatic heterocycles. The molecule has 0 atom stereocenters. The van der Waals surface area contributed by atoms with E-state index in [2.05, 4.69) is 126 Å². The maximum absolute atomic E-state index is 4.08. The van der Waals surface area contributed by atoms with E-state index in [0.29, 0.717) is 0 Å². The Morgan fingerprint density at radius 3 is 0.733 bits per heavy atom. The van der Waals surface area contributed by atoms with Crippen LogP contribution in [0.15, 0.2) is 116 Å². The molecule has 0 saturated carbocycles. The van der Waals surface area contributed by atoms with E-state index in [1.807, 2.05) is 168 Å². The van der Waals surface area contributed by atoms with E-state index in [0.717, 1.165) is 28.5 Å². The van der Waals surface area contributed by atoms with Crippen molar-refractivity contribution in [3.05, 3.63) is 183 Å². The van der Waals surface area contributed by atoms with Gasteiger partial charge in [-0.25, -0.2) is 0 Å². The number of hydrogen-bond donors (Lipinski definition) is 0. The first kappa shape index (κ1) is 66.8. The highest BCUT2D eigenvalue weighted by Crippen LogP contribution is 2.01. The molecule has 0 aliphatic carbocycles. The third-order valence-electron chi connectivity index (χ3n) is 6.47. The summed E-state index contributed by atoms with van der Waals surface area (Å²) in [6.07, 6.45) is 9.08. The number of rotatable bonds is 0. The Labute approximate surface area is 373 Å². The van der Waals surface area contributed by atoms with Gasteiger partial charge in [-0.2, -0.15) is 0 Å². The second-order valence-corrected chi connectivity index (χ2v) is 12.0. The largest absolute Gasteiger partial charge is 0.262 e. The summed E-state index contributed by atoms with van der Waals surface area (Å²) in [5.41, 5.74) is 14.2. The molecule has 0 N–H and O–H groups in total. The second kappa shape index (κ2) is 50.1. The molecule has 0 amide bonds. The van der Waals surface area contributed by atoms with Crippen molar-refractivity contribution in [1.29, 1.82) is 0 Å². The van der Waals surface area contributed by atoms with Crippen LogP contribution in [0.25, 0.3) is 0 Å². The van der Waals surface area contributed by atoms with Crippen LogP contribution in [0.4, 0.5) is 0 Å². The van der Waals surface area contributed by atoms with Crippen molar-refractivity contribution in [2.75, 3.05) is 0 Å². The molecule has 0 fully saturated rings. The lowest BCUT2D eigenvalue weighted by atomic mass is 10.2. The predicted octanol–water partition coefficient (Wildman–Crippen LogP) is 17.0. The van der Waals surface area contributed by atoms with Gasteiger partial charge < -0.3 is 0 Å². The Kier molecular flexibility index (Phi) is 55.8. The average Bonchev–Trinajstić information content (AvgIpc) is 3.27. The molecule has 0 aliphatic heterocycles. The van der Waals surface area contributed by atoms with Crippen LogP contribution >= 0.6 is 0 Å². The summed E-state index contributed by atoms with van der Waals surface area (Å²) in [6, 6.07) is 29.1. The molecular formula is C55H91N5. The lowest BCUT2D eigenvalue weighted by molar-refractivity contribution is 1.06. The Hall–Kier alpha value is -5.03. The fraction of sp³-hybridized carbons (Fsp3) is 0.436. The quantitative estimate of drug-likeness (QED) is 0.153. The van der Waals surface area contributed by atoms with Crippen LogP contribution in [0.2, 0.25) is 0 Å². The molecule has 5 heteroatoms. The van der Waals surface area contributed by atoms with Gasteiger partial charge in [-0.3, -0.25) is 24.9 Å². The SMILES string of the molecule is CC.CC.CC.CC.CC.CC.Cc1ccc(C)cc1.Cc1ccc(C)nc1.Cc1ccc(C)nc1.Cc1cccc(C)c1.Cc1ccnc(C)c1.Cc1cnc(C)cn1. The van der Waals surface area contributed by atoms with Gasteiger partial charge in [0.05, 0.1) is 11.4 Å². The third kappa shape index (κ3) is 47.3. The molecular weight excluding hydrogens is 731 g/mol. The van der Waals surface area contributed by atoms with Crippen molar-refractivity contribution in [3.63, 3.8) is 0 Å². The minimum absolute atomic E-state index is 0.968. The number of pyridine rings is 3. The number of aryl methyl sites for hydroxylation is 12. The standard InChI is InChI=1S/2C8H10.3C7H9N.C6H8N2.6C2H6/c1-7-3-5-8(2)6-4-7;1-7-4-3-5-8(2)6-7;1-6-3-4-8-7(2)5-6;2*1-6-3-4-7(2)8-5-6;1-5-3-8-6(2)4-7-5;6*1-2/h2*3-6H,1-2H3;3*3-5H,1-2H3;3-4H,1-2H3;6*1-2H3. The average molecular weight is 822 g/mol. The zero-order valence-electron chi connectivity index (χ0n) is 43.2. The van der Waals surface area contributed by atoms with Crippen LogP contribution in [-0.2, 0) is 0 Å². The van der Waals surface area contributed by atoms with E-state index < -0.39 is 0 Å². The number of hydrogen-bond acceptors (Lipinski definition) is 5. The van der Waals surface area contributed by atoms with E-state index in [-0.39, 0.29) is 0 Å². The highest BCUT2D eigenvalue weighted by atomic mass is 14.8.